The predicted molar refractivity (Wildman–Crippen MR) is 50.2 cm³/mol. The first kappa shape index (κ1) is 8.53. The molecule has 0 bridgehead atoms. The quantitative estimate of drug-likeness (QED) is 0.587. The minimum Gasteiger partial charge on any atom is -0.350 e. The van der Waals surface area contributed by atoms with Crippen LogP contribution in [-0.2, 0) is 0 Å². The van der Waals surface area contributed by atoms with Gasteiger partial charge in [0.1, 0.15) is 0 Å². The molecular formula is C9H15N3O. The lowest BCUT2D eigenvalue weighted by atomic mass is 9.65. The molecule has 0 radical (unpaired) electrons. The molecule has 4 nitrogen and oxygen atoms in total. The molecule has 0 spiro atoms. The zero-order valence-corrected chi connectivity index (χ0v) is 7.62. The molecule has 72 valence electrons. The van der Waals surface area contributed by atoms with Crippen molar-refractivity contribution in [3.8, 4) is 0 Å². The van der Waals surface area contributed by atoms with Crippen LogP contribution in [0.3, 0.4) is 0 Å². The van der Waals surface area contributed by atoms with Crippen LogP contribution >= 0.6 is 0 Å². The van der Waals surface area contributed by atoms with Gasteiger partial charge < -0.3 is 5.73 Å². The largest absolute Gasteiger partial charge is 0.350 e. The maximum Gasteiger partial charge on any atom is 0.332 e. The number of hydrogen-bond acceptors (Lipinski definition) is 2. The number of nitrogens with zero attached hydrogens (tertiary/aromatic N) is 1. The normalized spacial score (nSPS) is 34.9. The van der Waals surface area contributed by atoms with Crippen LogP contribution in [0.1, 0.15) is 32.1 Å². The number of rotatable bonds is 1. The predicted octanol–water partition coefficient (Wildman–Crippen LogP) is 1.22. The van der Waals surface area contributed by atoms with Crippen LogP contribution in [0.5, 0.6) is 0 Å². The second kappa shape index (κ2) is 3.36. The van der Waals surface area contributed by atoms with E-state index in [1.807, 2.05) is 0 Å². The lowest BCUT2D eigenvalue weighted by Gasteiger charge is -2.40. The SMILES string of the molecule is NC(=O)N/N=C1\CC[C@H]2CC[C@@H]2C1. The molecule has 3 N–H and O–H groups in total. The monoisotopic (exact) mass is 181 g/mol. The highest BCUT2D eigenvalue weighted by Crippen LogP contribution is 2.43. The van der Waals surface area contributed by atoms with E-state index in [1.54, 1.807) is 0 Å². The number of urea groups is 1. The van der Waals surface area contributed by atoms with Crippen LogP contribution in [0.15, 0.2) is 5.10 Å². The van der Waals surface area contributed by atoms with E-state index in [0.29, 0.717) is 0 Å². The van der Waals surface area contributed by atoms with Gasteiger partial charge in [0.2, 0.25) is 0 Å². The summed E-state index contributed by atoms with van der Waals surface area (Å²) >= 11 is 0. The Bertz CT molecular complexity index is 249. The Hall–Kier alpha value is -1.06. The van der Waals surface area contributed by atoms with Crippen LogP contribution in [0.25, 0.3) is 0 Å². The van der Waals surface area contributed by atoms with Gasteiger partial charge in [-0.25, -0.2) is 10.2 Å². The van der Waals surface area contributed by atoms with Crippen LogP contribution in [-0.4, -0.2) is 11.7 Å². The molecule has 0 aromatic rings. The van der Waals surface area contributed by atoms with Crippen molar-refractivity contribution in [2.24, 2.45) is 22.7 Å². The standard InChI is InChI=1S/C9H15N3O/c10-9(13)12-11-8-4-3-6-1-2-7(6)5-8/h6-7H,1-5H2,(H3,10,12,13)/b11-8+/t6-,7-/m1/s1. The topological polar surface area (TPSA) is 67.5 Å². The Labute approximate surface area is 77.6 Å². The third-order valence-corrected chi connectivity index (χ3v) is 3.20. The molecule has 0 aliphatic heterocycles. The van der Waals surface area contributed by atoms with Crippen LogP contribution in [0, 0.1) is 11.8 Å². The summed E-state index contributed by atoms with van der Waals surface area (Å²) in [5, 5.41) is 3.99. The molecule has 2 fully saturated rings. The Kier molecular flexibility index (Phi) is 2.20. The van der Waals surface area contributed by atoms with Gasteiger partial charge in [-0.15, -0.1) is 0 Å². The number of nitrogens with one attached hydrogen (secondary N) is 1. The van der Waals surface area contributed by atoms with E-state index in [9.17, 15) is 4.79 Å². The fourth-order valence-electron chi connectivity index (χ4n) is 2.28. The lowest BCUT2D eigenvalue weighted by Crippen LogP contribution is -2.34. The Balaban J connectivity index is 1.87. The third kappa shape index (κ3) is 1.82. The highest BCUT2D eigenvalue weighted by molar-refractivity contribution is 5.86. The molecule has 0 heterocycles. The van der Waals surface area contributed by atoms with Gasteiger partial charge in [0, 0.05) is 5.71 Å². The molecule has 2 saturated carbocycles. The second-order valence-electron chi connectivity index (χ2n) is 3.99. The van der Waals surface area contributed by atoms with Crippen LogP contribution in [0.2, 0.25) is 0 Å². The number of hydrazone groups is 1. The van der Waals surface area contributed by atoms with E-state index in [0.717, 1.165) is 30.4 Å². The summed E-state index contributed by atoms with van der Waals surface area (Å²) in [6.45, 7) is 0. The lowest BCUT2D eigenvalue weighted by molar-refractivity contribution is 0.159. The van der Waals surface area contributed by atoms with Gasteiger partial charge in [0.25, 0.3) is 0 Å². The molecule has 13 heavy (non-hydrogen) atoms. The number of hydrogen-bond donors (Lipinski definition) is 2. The molecule has 2 aliphatic rings. The average molecular weight is 181 g/mol. The summed E-state index contributed by atoms with van der Waals surface area (Å²) in [4.78, 5) is 10.4. The number of amides is 2. The second-order valence-corrected chi connectivity index (χ2v) is 3.99. The van der Waals surface area contributed by atoms with Crippen molar-refractivity contribution >= 4 is 11.7 Å². The van der Waals surface area contributed by atoms with E-state index in [2.05, 4.69) is 10.5 Å². The van der Waals surface area contributed by atoms with Crippen molar-refractivity contribution in [3.05, 3.63) is 0 Å². The molecule has 2 amide bonds. The van der Waals surface area contributed by atoms with Gasteiger partial charge in [-0.3, -0.25) is 0 Å². The molecule has 2 atom stereocenters. The van der Waals surface area contributed by atoms with Crippen molar-refractivity contribution in [2.75, 3.05) is 0 Å². The maximum absolute atomic E-state index is 10.4. The Morgan fingerprint density at radius 2 is 2.15 bits per heavy atom. The molecule has 0 saturated heterocycles. The summed E-state index contributed by atoms with van der Waals surface area (Å²) in [6.07, 6.45) is 6.05. The molecule has 2 aliphatic carbocycles. The molecule has 0 unspecified atom stereocenters. The molecular weight excluding hydrogens is 166 g/mol. The van der Waals surface area contributed by atoms with E-state index in [4.69, 9.17) is 5.73 Å². The molecule has 0 aromatic heterocycles. The van der Waals surface area contributed by atoms with Gasteiger partial charge in [0.05, 0.1) is 0 Å². The van der Waals surface area contributed by atoms with Crippen molar-refractivity contribution < 1.29 is 4.79 Å². The average Bonchev–Trinajstić information content (AvgIpc) is 2.05. The van der Waals surface area contributed by atoms with Gasteiger partial charge >= 0.3 is 6.03 Å². The van der Waals surface area contributed by atoms with Crippen molar-refractivity contribution in [1.29, 1.82) is 0 Å². The van der Waals surface area contributed by atoms with Gasteiger partial charge in [-0.05, 0) is 43.9 Å². The highest BCUT2D eigenvalue weighted by Gasteiger charge is 2.34. The summed E-state index contributed by atoms with van der Waals surface area (Å²) in [5.41, 5.74) is 8.34. The number of carbonyl (C=O) groups excluding carboxylic acids is 1. The zero-order chi connectivity index (χ0) is 9.26. The summed E-state index contributed by atoms with van der Waals surface area (Å²) in [7, 11) is 0. The minimum atomic E-state index is -0.566. The summed E-state index contributed by atoms with van der Waals surface area (Å²) in [6, 6.07) is -0.566. The Morgan fingerprint density at radius 3 is 2.69 bits per heavy atom. The maximum atomic E-state index is 10.4. The molecule has 4 heteroatoms. The van der Waals surface area contributed by atoms with E-state index in [-0.39, 0.29) is 0 Å². The number of fused-ring (bicyclic) bond motifs is 1. The van der Waals surface area contributed by atoms with Gasteiger partial charge in [-0.1, -0.05) is 0 Å². The first-order chi connectivity index (χ1) is 6.25. The fourth-order valence-corrected chi connectivity index (χ4v) is 2.28. The number of primary amides is 1. The molecule has 2 rings (SSSR count). The number of carbonyl (C=O) groups is 1. The smallest absolute Gasteiger partial charge is 0.332 e. The summed E-state index contributed by atoms with van der Waals surface area (Å²) in [5.74, 6) is 1.77. The number of nitrogens with two attached hydrogens (primary N) is 1. The molecule has 0 aromatic carbocycles. The summed E-state index contributed by atoms with van der Waals surface area (Å²) < 4.78 is 0. The van der Waals surface area contributed by atoms with Crippen molar-refractivity contribution in [1.82, 2.24) is 5.43 Å². The van der Waals surface area contributed by atoms with Crippen LogP contribution in [0.4, 0.5) is 4.79 Å². The zero-order valence-electron chi connectivity index (χ0n) is 7.62. The van der Waals surface area contributed by atoms with Gasteiger partial charge in [0.15, 0.2) is 0 Å². The van der Waals surface area contributed by atoms with E-state index < -0.39 is 6.03 Å². The van der Waals surface area contributed by atoms with E-state index >= 15 is 0 Å². The van der Waals surface area contributed by atoms with Crippen molar-refractivity contribution in [2.45, 2.75) is 32.1 Å². The third-order valence-electron chi connectivity index (χ3n) is 3.20. The minimum absolute atomic E-state index is 0.566. The fraction of sp³-hybridized carbons (Fsp3) is 0.778. The Morgan fingerprint density at radius 1 is 1.38 bits per heavy atom. The first-order valence-corrected chi connectivity index (χ1v) is 4.86. The first-order valence-electron chi connectivity index (χ1n) is 4.86. The van der Waals surface area contributed by atoms with E-state index in [1.165, 1.54) is 19.3 Å². The van der Waals surface area contributed by atoms with Gasteiger partial charge in [-0.2, -0.15) is 5.10 Å². The van der Waals surface area contributed by atoms with Crippen molar-refractivity contribution in [3.63, 3.8) is 0 Å². The van der Waals surface area contributed by atoms with Crippen LogP contribution < -0.4 is 11.2 Å². The highest BCUT2D eigenvalue weighted by atomic mass is 16.2.